The monoisotopic (exact) mass is 335 g/mol. The zero-order chi connectivity index (χ0) is 18.1. The molecule has 0 radical (unpaired) electrons. The fourth-order valence-electron chi connectivity index (χ4n) is 1.90. The molecule has 4 N–H and O–H groups in total. The lowest BCUT2D eigenvalue weighted by Gasteiger charge is -2.20. The average molecular weight is 335 g/mol. The highest BCUT2D eigenvalue weighted by Crippen LogP contribution is 2.06. The Morgan fingerprint density at radius 1 is 1.08 bits per heavy atom. The molecule has 1 aromatic carbocycles. The number of hydrogen-bond acceptors (Lipinski definition) is 5. The van der Waals surface area contributed by atoms with Gasteiger partial charge in [-0.25, -0.2) is 9.59 Å². The highest BCUT2D eigenvalue weighted by molar-refractivity contribution is 5.95. The van der Waals surface area contributed by atoms with Crippen molar-refractivity contribution in [2.24, 2.45) is 11.7 Å². The minimum atomic E-state index is -1.03. The molecule has 1 atom stereocenters. The molecule has 0 saturated heterocycles. The van der Waals surface area contributed by atoms with Crippen LogP contribution >= 0.6 is 0 Å². The molecule has 0 aliphatic heterocycles. The van der Waals surface area contributed by atoms with Crippen molar-refractivity contribution in [1.29, 1.82) is 0 Å². The van der Waals surface area contributed by atoms with Gasteiger partial charge in [-0.2, -0.15) is 0 Å². The van der Waals surface area contributed by atoms with Gasteiger partial charge in [0.25, 0.3) is 5.91 Å². The molecule has 8 nitrogen and oxygen atoms in total. The Hall–Kier alpha value is -2.90. The molecule has 24 heavy (non-hydrogen) atoms. The maximum Gasteiger partial charge on any atom is 0.329 e. The van der Waals surface area contributed by atoms with Crippen LogP contribution in [0.1, 0.15) is 19.4 Å². The standard InChI is InChI=1S/C16H21N3O5/c1-10(2)14(15(22)24-9-13(21)19-16(17)23)18-12(20)8-11-6-4-3-5-7-11/h3-7,10,14H,8-9H2,1-2H3,(H,18,20)(H3,17,19,21,23)/t14-/m0/s1. The molecule has 130 valence electrons. The van der Waals surface area contributed by atoms with Crippen LogP contribution in [0.5, 0.6) is 0 Å². The van der Waals surface area contributed by atoms with Crippen LogP contribution in [-0.2, 0) is 25.5 Å². The maximum absolute atomic E-state index is 12.1. The van der Waals surface area contributed by atoms with Crippen LogP contribution in [0, 0.1) is 5.92 Å². The summed E-state index contributed by atoms with van der Waals surface area (Å²) in [4.78, 5) is 45.8. The number of urea groups is 1. The van der Waals surface area contributed by atoms with E-state index in [0.29, 0.717) is 0 Å². The number of rotatable bonds is 7. The number of esters is 1. The highest BCUT2D eigenvalue weighted by Gasteiger charge is 2.26. The Labute approximate surface area is 139 Å². The molecule has 0 aliphatic carbocycles. The maximum atomic E-state index is 12.1. The largest absolute Gasteiger partial charge is 0.454 e. The van der Waals surface area contributed by atoms with Crippen LogP contribution in [0.2, 0.25) is 0 Å². The number of primary amides is 1. The molecule has 0 aromatic heterocycles. The lowest BCUT2D eigenvalue weighted by molar-refractivity contribution is -0.152. The number of imide groups is 1. The number of amides is 4. The van der Waals surface area contributed by atoms with E-state index >= 15 is 0 Å². The summed E-state index contributed by atoms with van der Waals surface area (Å²) in [5, 5.41) is 4.37. The minimum absolute atomic E-state index is 0.125. The second kappa shape index (κ2) is 9.29. The molecule has 0 fully saturated rings. The van der Waals surface area contributed by atoms with Crippen molar-refractivity contribution < 1.29 is 23.9 Å². The predicted molar refractivity (Wildman–Crippen MR) is 85.6 cm³/mol. The van der Waals surface area contributed by atoms with Crippen LogP contribution in [-0.4, -0.2) is 36.5 Å². The molecular weight excluding hydrogens is 314 g/mol. The van der Waals surface area contributed by atoms with E-state index in [4.69, 9.17) is 10.5 Å². The normalized spacial score (nSPS) is 11.5. The van der Waals surface area contributed by atoms with E-state index < -0.39 is 30.6 Å². The van der Waals surface area contributed by atoms with Gasteiger partial charge in [0, 0.05) is 0 Å². The molecule has 0 bridgehead atoms. The molecule has 0 heterocycles. The van der Waals surface area contributed by atoms with Crippen molar-refractivity contribution >= 4 is 23.8 Å². The molecule has 0 unspecified atom stereocenters. The highest BCUT2D eigenvalue weighted by atomic mass is 16.5. The number of benzene rings is 1. The van der Waals surface area contributed by atoms with E-state index in [-0.39, 0.29) is 18.2 Å². The summed E-state index contributed by atoms with van der Waals surface area (Å²) in [6, 6.07) is 7.14. The minimum Gasteiger partial charge on any atom is -0.454 e. The topological polar surface area (TPSA) is 128 Å². The number of ether oxygens (including phenoxy) is 1. The average Bonchev–Trinajstić information content (AvgIpc) is 2.50. The van der Waals surface area contributed by atoms with Gasteiger partial charge in [-0.1, -0.05) is 44.2 Å². The summed E-state index contributed by atoms with van der Waals surface area (Å²) in [5.41, 5.74) is 5.59. The summed E-state index contributed by atoms with van der Waals surface area (Å²) < 4.78 is 4.81. The van der Waals surface area contributed by atoms with Crippen molar-refractivity contribution in [2.75, 3.05) is 6.61 Å². The van der Waals surface area contributed by atoms with Crippen LogP contribution < -0.4 is 16.4 Å². The second-order valence-corrected chi connectivity index (χ2v) is 5.47. The van der Waals surface area contributed by atoms with E-state index in [2.05, 4.69) is 5.32 Å². The first-order valence-corrected chi connectivity index (χ1v) is 7.38. The SMILES string of the molecule is CC(C)[C@H](NC(=O)Cc1ccccc1)C(=O)OCC(=O)NC(N)=O. The summed E-state index contributed by atoms with van der Waals surface area (Å²) >= 11 is 0. The van der Waals surface area contributed by atoms with Gasteiger partial charge in [-0.15, -0.1) is 0 Å². The Kier molecular flexibility index (Phi) is 7.41. The van der Waals surface area contributed by atoms with Crippen molar-refractivity contribution in [3.63, 3.8) is 0 Å². The third kappa shape index (κ3) is 6.91. The van der Waals surface area contributed by atoms with Gasteiger partial charge < -0.3 is 15.8 Å². The fraction of sp³-hybridized carbons (Fsp3) is 0.375. The van der Waals surface area contributed by atoms with Gasteiger partial charge in [0.2, 0.25) is 5.91 Å². The van der Waals surface area contributed by atoms with Crippen molar-refractivity contribution in [3.05, 3.63) is 35.9 Å². The molecule has 1 aromatic rings. The second-order valence-electron chi connectivity index (χ2n) is 5.47. The van der Waals surface area contributed by atoms with Gasteiger partial charge in [0.1, 0.15) is 6.04 Å². The molecule has 8 heteroatoms. The lowest BCUT2D eigenvalue weighted by atomic mass is 10.0. The molecule has 4 amide bonds. The number of carbonyl (C=O) groups is 4. The first-order valence-electron chi connectivity index (χ1n) is 7.38. The van der Waals surface area contributed by atoms with Crippen LogP contribution in [0.15, 0.2) is 30.3 Å². The molecule has 0 saturated carbocycles. The van der Waals surface area contributed by atoms with Gasteiger partial charge in [0.05, 0.1) is 6.42 Å². The van der Waals surface area contributed by atoms with E-state index in [1.54, 1.807) is 31.3 Å². The number of carbonyl (C=O) groups excluding carboxylic acids is 4. The molecule has 0 spiro atoms. The van der Waals surface area contributed by atoms with E-state index in [1.807, 2.05) is 18.2 Å². The molecule has 1 rings (SSSR count). The Balaban J connectivity index is 2.56. The first-order chi connectivity index (χ1) is 11.3. The van der Waals surface area contributed by atoms with E-state index in [0.717, 1.165) is 5.56 Å². The van der Waals surface area contributed by atoms with E-state index in [1.165, 1.54) is 0 Å². The van der Waals surface area contributed by atoms with Crippen LogP contribution in [0.4, 0.5) is 4.79 Å². The van der Waals surface area contributed by atoms with Crippen molar-refractivity contribution in [1.82, 2.24) is 10.6 Å². The number of nitrogens with two attached hydrogens (primary N) is 1. The van der Waals surface area contributed by atoms with Gasteiger partial charge in [-0.05, 0) is 11.5 Å². The van der Waals surface area contributed by atoms with Crippen molar-refractivity contribution in [2.45, 2.75) is 26.3 Å². The smallest absolute Gasteiger partial charge is 0.329 e. The first kappa shape index (κ1) is 19.1. The van der Waals surface area contributed by atoms with Gasteiger partial charge in [-0.3, -0.25) is 14.9 Å². The Bertz CT molecular complexity index is 601. The Morgan fingerprint density at radius 3 is 2.25 bits per heavy atom. The van der Waals surface area contributed by atoms with Crippen LogP contribution in [0.3, 0.4) is 0 Å². The summed E-state index contributed by atoms with van der Waals surface area (Å²) in [6.45, 7) is 2.82. The fourth-order valence-corrected chi connectivity index (χ4v) is 1.90. The summed E-state index contributed by atoms with van der Waals surface area (Å²) in [6.07, 6.45) is 0.125. The predicted octanol–water partition coefficient (Wildman–Crippen LogP) is 0.108. The van der Waals surface area contributed by atoms with Crippen LogP contribution in [0.25, 0.3) is 0 Å². The zero-order valence-corrected chi connectivity index (χ0v) is 13.6. The third-order valence-electron chi connectivity index (χ3n) is 3.05. The summed E-state index contributed by atoms with van der Waals surface area (Å²) in [5.74, 6) is -2.17. The molecular formula is C16H21N3O5. The third-order valence-corrected chi connectivity index (χ3v) is 3.05. The van der Waals surface area contributed by atoms with E-state index in [9.17, 15) is 19.2 Å². The summed E-state index contributed by atoms with van der Waals surface area (Å²) in [7, 11) is 0. The van der Waals surface area contributed by atoms with Crippen molar-refractivity contribution in [3.8, 4) is 0 Å². The Morgan fingerprint density at radius 2 is 1.71 bits per heavy atom. The lowest BCUT2D eigenvalue weighted by Crippen LogP contribution is -2.47. The number of hydrogen-bond donors (Lipinski definition) is 3. The quantitative estimate of drug-likeness (QED) is 0.609. The zero-order valence-electron chi connectivity index (χ0n) is 13.6. The molecule has 0 aliphatic rings. The van der Waals surface area contributed by atoms with Gasteiger partial charge >= 0.3 is 12.0 Å². The number of nitrogens with one attached hydrogen (secondary N) is 2. The van der Waals surface area contributed by atoms with Gasteiger partial charge in [0.15, 0.2) is 6.61 Å².